The molecular weight excluding hydrogens is 276 g/mol. The molecule has 1 aliphatic rings. The largest absolute Gasteiger partial charge is 0.309 e. The molecule has 2 heterocycles. The molecule has 1 fully saturated rings. The minimum Gasteiger partial charge on any atom is -0.309 e. The topological polar surface area (TPSA) is 24.9 Å². The quantitative estimate of drug-likeness (QED) is 0.876. The molecule has 21 heavy (non-hydrogen) atoms. The summed E-state index contributed by atoms with van der Waals surface area (Å²) in [5.74, 6) is 1.28. The van der Waals surface area contributed by atoms with Crippen LogP contribution in [0.5, 0.6) is 0 Å². The molecule has 2 atom stereocenters. The molecule has 0 bridgehead atoms. The van der Waals surface area contributed by atoms with Gasteiger partial charge >= 0.3 is 0 Å². The molecule has 2 nitrogen and oxygen atoms in total. The van der Waals surface area contributed by atoms with Crippen molar-refractivity contribution in [2.24, 2.45) is 0 Å². The van der Waals surface area contributed by atoms with Gasteiger partial charge in [0.2, 0.25) is 0 Å². The summed E-state index contributed by atoms with van der Waals surface area (Å²) in [5.41, 5.74) is 2.51. The van der Waals surface area contributed by atoms with Gasteiger partial charge in [-0.25, -0.2) is 0 Å². The van der Waals surface area contributed by atoms with E-state index in [-0.39, 0.29) is 4.75 Å². The zero-order valence-corrected chi connectivity index (χ0v) is 13.7. The van der Waals surface area contributed by atoms with Gasteiger partial charge in [0.25, 0.3) is 0 Å². The SMILES string of the molecule is CCCNC(c1cccc2cccnc12)C1(C)CCCS1. The molecule has 0 amide bonds. The van der Waals surface area contributed by atoms with Gasteiger partial charge in [0, 0.05) is 22.4 Å². The van der Waals surface area contributed by atoms with E-state index in [9.17, 15) is 0 Å². The van der Waals surface area contributed by atoms with E-state index < -0.39 is 0 Å². The van der Waals surface area contributed by atoms with Gasteiger partial charge in [-0.05, 0) is 50.1 Å². The fourth-order valence-electron chi connectivity index (χ4n) is 3.33. The second kappa shape index (κ2) is 6.37. The monoisotopic (exact) mass is 300 g/mol. The van der Waals surface area contributed by atoms with Crippen molar-refractivity contribution in [3.8, 4) is 0 Å². The van der Waals surface area contributed by atoms with E-state index in [0.29, 0.717) is 6.04 Å². The Morgan fingerprint density at radius 3 is 2.95 bits per heavy atom. The molecule has 1 saturated heterocycles. The first kappa shape index (κ1) is 14.9. The van der Waals surface area contributed by atoms with Crippen molar-refractivity contribution in [2.75, 3.05) is 12.3 Å². The van der Waals surface area contributed by atoms with Crippen LogP contribution in [0.1, 0.15) is 44.7 Å². The molecule has 0 aliphatic carbocycles. The van der Waals surface area contributed by atoms with Crippen LogP contribution in [0.25, 0.3) is 10.9 Å². The Morgan fingerprint density at radius 1 is 1.33 bits per heavy atom. The number of rotatable bonds is 5. The lowest BCUT2D eigenvalue weighted by Crippen LogP contribution is -2.38. The maximum absolute atomic E-state index is 4.66. The number of hydrogen-bond donors (Lipinski definition) is 1. The summed E-state index contributed by atoms with van der Waals surface area (Å²) < 4.78 is 0.279. The van der Waals surface area contributed by atoms with Gasteiger partial charge in [0.1, 0.15) is 0 Å². The third-order valence-corrected chi connectivity index (χ3v) is 6.03. The van der Waals surface area contributed by atoms with Crippen LogP contribution < -0.4 is 5.32 Å². The molecule has 1 N–H and O–H groups in total. The molecule has 1 aliphatic heterocycles. The number of fused-ring (bicyclic) bond motifs is 1. The van der Waals surface area contributed by atoms with E-state index in [0.717, 1.165) is 18.5 Å². The Labute approximate surface area is 131 Å². The maximum atomic E-state index is 4.66. The van der Waals surface area contributed by atoms with Crippen LogP contribution in [-0.2, 0) is 0 Å². The fraction of sp³-hybridized carbons (Fsp3) is 0.500. The first-order chi connectivity index (χ1) is 10.2. The number of thioether (sulfide) groups is 1. The number of nitrogens with zero attached hydrogens (tertiary/aromatic N) is 1. The summed E-state index contributed by atoms with van der Waals surface area (Å²) in [5, 5.41) is 5.04. The van der Waals surface area contributed by atoms with Crippen molar-refractivity contribution in [3.05, 3.63) is 42.1 Å². The predicted molar refractivity (Wildman–Crippen MR) is 92.9 cm³/mol. The number of aromatic nitrogens is 1. The number of nitrogens with one attached hydrogen (secondary N) is 1. The summed E-state index contributed by atoms with van der Waals surface area (Å²) in [6, 6.07) is 11.1. The highest BCUT2D eigenvalue weighted by Gasteiger charge is 2.39. The first-order valence-corrected chi connectivity index (χ1v) is 8.94. The second-order valence-electron chi connectivity index (χ2n) is 6.07. The van der Waals surface area contributed by atoms with Crippen molar-refractivity contribution in [1.82, 2.24) is 10.3 Å². The van der Waals surface area contributed by atoms with Crippen LogP contribution in [0.15, 0.2) is 36.5 Å². The highest BCUT2D eigenvalue weighted by molar-refractivity contribution is 8.00. The predicted octanol–water partition coefficient (Wildman–Crippen LogP) is 4.56. The van der Waals surface area contributed by atoms with E-state index in [2.05, 4.69) is 60.2 Å². The average Bonchev–Trinajstić information content (AvgIpc) is 2.95. The molecule has 1 aromatic heterocycles. The van der Waals surface area contributed by atoms with E-state index in [4.69, 9.17) is 0 Å². The number of pyridine rings is 1. The van der Waals surface area contributed by atoms with Gasteiger partial charge in [-0.1, -0.05) is 31.2 Å². The summed E-state index contributed by atoms with van der Waals surface area (Å²) in [4.78, 5) is 4.66. The van der Waals surface area contributed by atoms with Crippen molar-refractivity contribution >= 4 is 22.7 Å². The number of hydrogen-bond acceptors (Lipinski definition) is 3. The Morgan fingerprint density at radius 2 is 2.19 bits per heavy atom. The Balaban J connectivity index is 2.05. The molecule has 0 radical (unpaired) electrons. The van der Waals surface area contributed by atoms with Gasteiger partial charge in [-0.2, -0.15) is 11.8 Å². The van der Waals surface area contributed by atoms with E-state index >= 15 is 0 Å². The van der Waals surface area contributed by atoms with Gasteiger partial charge in [0.05, 0.1) is 5.52 Å². The second-order valence-corrected chi connectivity index (χ2v) is 7.70. The lowest BCUT2D eigenvalue weighted by Gasteiger charge is -2.35. The molecule has 1 aromatic carbocycles. The highest BCUT2D eigenvalue weighted by Crippen LogP contribution is 2.47. The third kappa shape index (κ3) is 2.95. The fourth-order valence-corrected chi connectivity index (χ4v) is 4.75. The summed E-state index contributed by atoms with van der Waals surface area (Å²) >= 11 is 2.12. The molecule has 2 aromatic rings. The number of benzene rings is 1. The molecule has 3 heteroatoms. The molecule has 2 unspecified atom stereocenters. The van der Waals surface area contributed by atoms with E-state index in [1.165, 1.54) is 29.5 Å². The molecular formula is C18H24N2S. The highest BCUT2D eigenvalue weighted by atomic mass is 32.2. The van der Waals surface area contributed by atoms with Crippen LogP contribution in [0.2, 0.25) is 0 Å². The Hall–Kier alpha value is -1.06. The first-order valence-electron chi connectivity index (χ1n) is 7.95. The van der Waals surface area contributed by atoms with Crippen LogP contribution in [0.3, 0.4) is 0 Å². The van der Waals surface area contributed by atoms with Gasteiger partial charge in [-0.3, -0.25) is 4.98 Å². The van der Waals surface area contributed by atoms with E-state index in [1.807, 2.05) is 12.3 Å². The average molecular weight is 300 g/mol. The van der Waals surface area contributed by atoms with Gasteiger partial charge in [-0.15, -0.1) is 0 Å². The zero-order valence-electron chi connectivity index (χ0n) is 12.9. The standard InChI is InChI=1S/C18H24N2S/c1-3-11-20-17(18(2)10-6-13-21-18)15-9-4-7-14-8-5-12-19-16(14)15/h4-5,7-9,12,17,20H,3,6,10-11,13H2,1-2H3. The van der Waals surface area contributed by atoms with E-state index in [1.54, 1.807) is 0 Å². The number of para-hydroxylation sites is 1. The maximum Gasteiger partial charge on any atom is 0.0750 e. The smallest absolute Gasteiger partial charge is 0.0750 e. The van der Waals surface area contributed by atoms with Crippen molar-refractivity contribution in [1.29, 1.82) is 0 Å². The van der Waals surface area contributed by atoms with Crippen LogP contribution in [0.4, 0.5) is 0 Å². The minimum absolute atomic E-state index is 0.279. The molecule has 0 spiro atoms. The third-order valence-electron chi connectivity index (χ3n) is 4.43. The van der Waals surface area contributed by atoms with Crippen LogP contribution in [-0.4, -0.2) is 22.0 Å². The summed E-state index contributed by atoms with van der Waals surface area (Å²) in [7, 11) is 0. The Bertz CT molecular complexity index is 600. The van der Waals surface area contributed by atoms with Crippen LogP contribution >= 0.6 is 11.8 Å². The van der Waals surface area contributed by atoms with Crippen molar-refractivity contribution in [2.45, 2.75) is 43.9 Å². The van der Waals surface area contributed by atoms with Crippen molar-refractivity contribution in [3.63, 3.8) is 0 Å². The molecule has 0 saturated carbocycles. The Kier molecular flexibility index (Phi) is 4.51. The minimum atomic E-state index is 0.279. The summed E-state index contributed by atoms with van der Waals surface area (Å²) in [6.45, 7) is 5.71. The molecule has 112 valence electrons. The van der Waals surface area contributed by atoms with Crippen molar-refractivity contribution < 1.29 is 0 Å². The lowest BCUT2D eigenvalue weighted by atomic mass is 9.89. The van der Waals surface area contributed by atoms with Crippen LogP contribution in [0, 0.1) is 0 Å². The van der Waals surface area contributed by atoms with Gasteiger partial charge in [0.15, 0.2) is 0 Å². The summed E-state index contributed by atoms with van der Waals surface area (Å²) in [6.07, 6.45) is 5.67. The van der Waals surface area contributed by atoms with Gasteiger partial charge < -0.3 is 5.32 Å². The normalized spacial score (nSPS) is 23.5. The lowest BCUT2D eigenvalue weighted by molar-refractivity contribution is 0.415. The molecule has 3 rings (SSSR count). The zero-order chi connectivity index (χ0) is 14.7.